The van der Waals surface area contributed by atoms with E-state index < -0.39 is 0 Å². The fourth-order valence-corrected chi connectivity index (χ4v) is 4.99. The van der Waals surface area contributed by atoms with Gasteiger partial charge in [-0.2, -0.15) is 0 Å². The summed E-state index contributed by atoms with van der Waals surface area (Å²) in [6, 6.07) is 35.3. The monoisotopic (exact) mass is 356 g/mol. The summed E-state index contributed by atoms with van der Waals surface area (Å²) in [5, 5.41) is 2.90. The maximum absolute atomic E-state index is 2.33. The van der Waals surface area contributed by atoms with E-state index in [2.05, 4.69) is 97.1 Å². The van der Waals surface area contributed by atoms with E-state index in [0.717, 1.165) is 12.8 Å². The number of fused-ring (bicyclic) bond motifs is 3. The molecular formula is C28H20. The molecule has 0 bridgehead atoms. The van der Waals surface area contributed by atoms with E-state index in [1.807, 2.05) is 0 Å². The third-order valence-electron chi connectivity index (χ3n) is 6.18. The van der Waals surface area contributed by atoms with Gasteiger partial charge >= 0.3 is 0 Å². The zero-order chi connectivity index (χ0) is 18.5. The van der Waals surface area contributed by atoms with Gasteiger partial charge in [0.25, 0.3) is 0 Å². The molecule has 0 aromatic heterocycles. The summed E-state index contributed by atoms with van der Waals surface area (Å²) < 4.78 is 0. The van der Waals surface area contributed by atoms with Crippen molar-refractivity contribution in [2.24, 2.45) is 0 Å². The summed E-state index contributed by atoms with van der Waals surface area (Å²) in [7, 11) is 0. The first-order valence-corrected chi connectivity index (χ1v) is 10.0. The van der Waals surface area contributed by atoms with Crippen molar-refractivity contribution < 1.29 is 0 Å². The summed E-state index contributed by atoms with van der Waals surface area (Å²) >= 11 is 0. The Morgan fingerprint density at radius 2 is 0.893 bits per heavy atom. The molecule has 28 heavy (non-hydrogen) atoms. The zero-order valence-corrected chi connectivity index (χ0v) is 15.7. The first-order valence-electron chi connectivity index (χ1n) is 10.0. The molecule has 4 aromatic carbocycles. The van der Waals surface area contributed by atoms with Gasteiger partial charge in [0, 0.05) is 0 Å². The predicted molar refractivity (Wildman–Crippen MR) is 117 cm³/mol. The summed E-state index contributed by atoms with van der Waals surface area (Å²) in [6.07, 6.45) is 2.20. The van der Waals surface area contributed by atoms with E-state index in [1.54, 1.807) is 0 Å². The van der Waals surface area contributed by atoms with Crippen LogP contribution >= 0.6 is 0 Å². The first-order chi connectivity index (χ1) is 13.9. The second-order valence-corrected chi connectivity index (χ2v) is 7.65. The van der Waals surface area contributed by atoms with Crippen molar-refractivity contribution in [2.75, 3.05) is 0 Å². The van der Waals surface area contributed by atoms with Crippen LogP contribution in [0.5, 0.6) is 0 Å². The maximum atomic E-state index is 2.33. The highest BCUT2D eigenvalue weighted by Crippen LogP contribution is 2.37. The van der Waals surface area contributed by atoms with Gasteiger partial charge in [-0.15, -0.1) is 0 Å². The SMILES string of the molecule is c1ccc(C2=c3c(-c4ccccc4)ccc4c3=C(CC2)c2ccccc2-4)cc1. The number of benzene rings is 4. The molecular weight excluding hydrogens is 336 g/mol. The van der Waals surface area contributed by atoms with Crippen molar-refractivity contribution in [3.63, 3.8) is 0 Å². The zero-order valence-electron chi connectivity index (χ0n) is 15.7. The van der Waals surface area contributed by atoms with Crippen LogP contribution < -0.4 is 10.4 Å². The highest BCUT2D eigenvalue weighted by molar-refractivity contribution is 5.93. The molecule has 0 nitrogen and oxygen atoms in total. The minimum absolute atomic E-state index is 1.09. The Hall–Kier alpha value is -3.38. The van der Waals surface area contributed by atoms with Gasteiger partial charge < -0.3 is 0 Å². The highest BCUT2D eigenvalue weighted by Gasteiger charge is 2.25. The van der Waals surface area contributed by atoms with Crippen LogP contribution in [0.4, 0.5) is 0 Å². The molecule has 2 aliphatic carbocycles. The van der Waals surface area contributed by atoms with Crippen molar-refractivity contribution >= 4 is 11.1 Å². The third kappa shape index (κ3) is 2.18. The maximum Gasteiger partial charge on any atom is -0.00575 e. The van der Waals surface area contributed by atoms with Gasteiger partial charge in [-0.1, -0.05) is 97.1 Å². The second kappa shape index (κ2) is 6.07. The van der Waals surface area contributed by atoms with Crippen molar-refractivity contribution in [3.05, 3.63) is 119 Å². The average molecular weight is 356 g/mol. The molecule has 2 aliphatic rings. The smallest absolute Gasteiger partial charge is 0.00575 e. The Balaban J connectivity index is 1.82. The molecule has 0 fully saturated rings. The van der Waals surface area contributed by atoms with Crippen molar-refractivity contribution in [1.82, 2.24) is 0 Å². The molecule has 0 saturated carbocycles. The van der Waals surface area contributed by atoms with E-state index in [9.17, 15) is 0 Å². The van der Waals surface area contributed by atoms with Gasteiger partial charge in [0.05, 0.1) is 0 Å². The molecule has 0 heteroatoms. The van der Waals surface area contributed by atoms with Crippen LogP contribution in [0.25, 0.3) is 33.4 Å². The predicted octanol–water partition coefficient (Wildman–Crippen LogP) is 5.53. The topological polar surface area (TPSA) is 0 Å². The molecule has 0 saturated heterocycles. The highest BCUT2D eigenvalue weighted by atomic mass is 14.3. The van der Waals surface area contributed by atoms with Crippen LogP contribution in [0.1, 0.15) is 24.0 Å². The minimum Gasteiger partial charge on any atom is -0.0622 e. The van der Waals surface area contributed by atoms with Gasteiger partial charge in [0.15, 0.2) is 0 Å². The van der Waals surface area contributed by atoms with Crippen LogP contribution in [-0.4, -0.2) is 0 Å². The molecule has 0 heterocycles. The molecule has 0 amide bonds. The number of rotatable bonds is 2. The fraction of sp³-hybridized carbons (Fsp3) is 0.0714. The van der Waals surface area contributed by atoms with Crippen molar-refractivity contribution in [3.8, 4) is 22.3 Å². The lowest BCUT2D eigenvalue weighted by atomic mass is 9.86. The quantitative estimate of drug-likeness (QED) is 0.443. The minimum atomic E-state index is 1.09. The Morgan fingerprint density at radius 1 is 0.357 bits per heavy atom. The molecule has 132 valence electrons. The van der Waals surface area contributed by atoms with Gasteiger partial charge in [-0.05, 0) is 67.8 Å². The van der Waals surface area contributed by atoms with E-state index in [1.165, 1.54) is 55.0 Å². The molecule has 0 spiro atoms. The van der Waals surface area contributed by atoms with Crippen LogP contribution in [0.15, 0.2) is 97.1 Å². The Labute approximate surface area is 165 Å². The summed E-state index contributed by atoms with van der Waals surface area (Å²) in [6.45, 7) is 0. The van der Waals surface area contributed by atoms with Crippen LogP contribution in [-0.2, 0) is 0 Å². The third-order valence-corrected chi connectivity index (χ3v) is 6.18. The molecule has 0 atom stereocenters. The summed E-state index contributed by atoms with van der Waals surface area (Å²) in [5.74, 6) is 0. The van der Waals surface area contributed by atoms with E-state index in [0.29, 0.717) is 0 Å². The van der Waals surface area contributed by atoms with Gasteiger partial charge in [0.1, 0.15) is 0 Å². The summed E-state index contributed by atoms with van der Waals surface area (Å²) in [4.78, 5) is 0. The number of hydrogen-bond acceptors (Lipinski definition) is 0. The molecule has 6 rings (SSSR count). The first kappa shape index (κ1) is 15.7. The van der Waals surface area contributed by atoms with Gasteiger partial charge in [0.2, 0.25) is 0 Å². The Bertz CT molecular complexity index is 1330. The average Bonchev–Trinajstić information content (AvgIpc) is 3.11. The van der Waals surface area contributed by atoms with Crippen LogP contribution in [0, 0.1) is 0 Å². The van der Waals surface area contributed by atoms with Crippen LogP contribution in [0.3, 0.4) is 0 Å². The molecule has 0 unspecified atom stereocenters. The van der Waals surface area contributed by atoms with Gasteiger partial charge in [-0.3, -0.25) is 0 Å². The van der Waals surface area contributed by atoms with E-state index in [4.69, 9.17) is 0 Å². The molecule has 0 radical (unpaired) electrons. The Kier molecular flexibility index (Phi) is 3.39. The Morgan fingerprint density at radius 3 is 1.64 bits per heavy atom. The number of hydrogen-bond donors (Lipinski definition) is 0. The van der Waals surface area contributed by atoms with Crippen molar-refractivity contribution in [1.29, 1.82) is 0 Å². The van der Waals surface area contributed by atoms with Crippen LogP contribution in [0.2, 0.25) is 0 Å². The van der Waals surface area contributed by atoms with Crippen molar-refractivity contribution in [2.45, 2.75) is 12.8 Å². The molecule has 0 N–H and O–H groups in total. The lowest BCUT2D eigenvalue weighted by Crippen LogP contribution is -2.34. The standard InChI is InChI=1S/C28H20/c1-3-9-19(10-4-1)21-15-17-25-23-13-7-8-14-24(23)26-18-16-22(27(21)28(25)26)20-11-5-2-6-12-20/h1-15,17H,16,18H2. The lowest BCUT2D eigenvalue weighted by Gasteiger charge is -2.18. The van der Waals surface area contributed by atoms with E-state index >= 15 is 0 Å². The lowest BCUT2D eigenvalue weighted by molar-refractivity contribution is 1.05. The molecule has 0 aliphatic heterocycles. The normalized spacial score (nSPS) is 14.0. The van der Waals surface area contributed by atoms with E-state index in [-0.39, 0.29) is 0 Å². The fourth-order valence-electron chi connectivity index (χ4n) is 4.99. The van der Waals surface area contributed by atoms with Gasteiger partial charge in [-0.25, -0.2) is 0 Å². The summed E-state index contributed by atoms with van der Waals surface area (Å²) in [5.41, 5.74) is 11.2. The second-order valence-electron chi connectivity index (χ2n) is 7.65. The molecule has 4 aromatic rings. The largest absolute Gasteiger partial charge is 0.0622 e.